The molecule has 0 radical (unpaired) electrons. The monoisotopic (exact) mass is 291 g/mol. The van der Waals surface area contributed by atoms with Crippen LogP contribution in [0.4, 0.5) is 0 Å². The van der Waals surface area contributed by atoms with Crippen LogP contribution in [0, 0.1) is 13.8 Å². The molecule has 3 heterocycles. The number of aliphatic carboxylic acids is 1. The lowest BCUT2D eigenvalue weighted by Gasteiger charge is -2.34. The molecular weight excluding hydrogens is 278 g/mol. The fraction of sp³-hybridized carbons (Fsp3) is 0.385. The third-order valence-electron chi connectivity index (χ3n) is 3.35. The number of β-lactam (4-membered cyclic amide) rings is 1. The summed E-state index contributed by atoms with van der Waals surface area (Å²) in [5.74, 6) is -1.18. The Hall–Kier alpha value is -1.89. The van der Waals surface area contributed by atoms with E-state index >= 15 is 0 Å². The number of carbonyl (C=O) groups excluding carboxylic acids is 1. The third kappa shape index (κ3) is 2.07. The van der Waals surface area contributed by atoms with Crippen LogP contribution >= 0.6 is 11.8 Å². The van der Waals surface area contributed by atoms with E-state index in [4.69, 9.17) is 0 Å². The molecule has 104 valence electrons. The third-order valence-corrected chi connectivity index (χ3v) is 4.32. The molecule has 1 unspecified atom stereocenters. The number of carboxylic acid groups (broad SMARTS) is 1. The zero-order valence-corrected chi connectivity index (χ0v) is 11.9. The first kappa shape index (κ1) is 13.1. The van der Waals surface area contributed by atoms with Crippen molar-refractivity contribution in [3.05, 3.63) is 28.1 Å². The van der Waals surface area contributed by atoms with Crippen molar-refractivity contribution in [1.82, 2.24) is 14.9 Å². The van der Waals surface area contributed by atoms with Crippen molar-refractivity contribution in [3.8, 4) is 0 Å². The predicted molar refractivity (Wildman–Crippen MR) is 71.9 cm³/mol. The van der Waals surface area contributed by atoms with Crippen LogP contribution in [-0.2, 0) is 9.59 Å². The van der Waals surface area contributed by atoms with Gasteiger partial charge in [-0.25, -0.2) is 14.8 Å². The SMILES string of the molecule is Cc1cc(C)nc(SC2=C(C(=O)O)N3C(=O)CC3C2)n1. The van der Waals surface area contributed by atoms with E-state index in [9.17, 15) is 14.7 Å². The molecule has 0 aromatic carbocycles. The van der Waals surface area contributed by atoms with Gasteiger partial charge in [-0.3, -0.25) is 4.79 Å². The lowest BCUT2D eigenvalue weighted by Crippen LogP contribution is -2.49. The standard InChI is InChI=1S/C13H13N3O3S/c1-6-3-7(2)15-13(14-6)20-9-4-8-5-10(17)16(8)11(9)12(18)19/h3,8H,4-5H2,1-2H3,(H,18,19). The molecule has 20 heavy (non-hydrogen) atoms. The number of fused-ring (bicyclic) bond motifs is 1. The van der Waals surface area contributed by atoms with Crippen LogP contribution in [0.2, 0.25) is 0 Å². The van der Waals surface area contributed by atoms with Gasteiger partial charge in [0.2, 0.25) is 5.91 Å². The van der Waals surface area contributed by atoms with Gasteiger partial charge in [0.1, 0.15) is 5.70 Å². The number of rotatable bonds is 3. The van der Waals surface area contributed by atoms with Crippen molar-refractivity contribution >= 4 is 23.6 Å². The molecule has 7 heteroatoms. The lowest BCUT2D eigenvalue weighted by atomic mass is 10.0. The molecule has 0 aliphatic carbocycles. The second-order valence-corrected chi connectivity index (χ2v) is 6.00. The number of hydrogen-bond donors (Lipinski definition) is 1. The number of amides is 1. The van der Waals surface area contributed by atoms with E-state index in [0.717, 1.165) is 11.4 Å². The molecular formula is C13H13N3O3S. The van der Waals surface area contributed by atoms with Gasteiger partial charge < -0.3 is 10.0 Å². The Balaban J connectivity index is 1.94. The van der Waals surface area contributed by atoms with Crippen LogP contribution in [0.1, 0.15) is 24.2 Å². The highest BCUT2D eigenvalue weighted by Crippen LogP contribution is 2.44. The summed E-state index contributed by atoms with van der Waals surface area (Å²) in [4.78, 5) is 33.5. The zero-order chi connectivity index (χ0) is 14.4. The topological polar surface area (TPSA) is 83.4 Å². The number of carboxylic acids is 1. The second-order valence-electron chi connectivity index (χ2n) is 4.94. The van der Waals surface area contributed by atoms with Gasteiger partial charge in [0.05, 0.1) is 6.04 Å². The quantitative estimate of drug-likeness (QED) is 0.671. The Morgan fingerprint density at radius 1 is 1.35 bits per heavy atom. The summed E-state index contributed by atoms with van der Waals surface area (Å²) in [6.45, 7) is 3.74. The molecule has 1 fully saturated rings. The van der Waals surface area contributed by atoms with Gasteiger partial charge in [0.25, 0.3) is 0 Å². The van der Waals surface area contributed by atoms with Crippen molar-refractivity contribution in [2.45, 2.75) is 37.9 Å². The molecule has 1 atom stereocenters. The highest BCUT2D eigenvalue weighted by atomic mass is 32.2. The Kier molecular flexibility index (Phi) is 3.01. The van der Waals surface area contributed by atoms with Crippen LogP contribution < -0.4 is 0 Å². The second kappa shape index (κ2) is 4.59. The van der Waals surface area contributed by atoms with Crippen LogP contribution in [0.5, 0.6) is 0 Å². The minimum atomic E-state index is -1.06. The molecule has 2 aliphatic rings. The summed E-state index contributed by atoms with van der Waals surface area (Å²) in [7, 11) is 0. The molecule has 0 bridgehead atoms. The summed E-state index contributed by atoms with van der Waals surface area (Å²) in [5.41, 5.74) is 1.78. The van der Waals surface area contributed by atoms with Crippen molar-refractivity contribution < 1.29 is 14.7 Å². The van der Waals surface area contributed by atoms with Crippen molar-refractivity contribution in [1.29, 1.82) is 0 Å². The average Bonchev–Trinajstić information content (AvgIpc) is 2.60. The van der Waals surface area contributed by atoms with Gasteiger partial charge in [-0.15, -0.1) is 0 Å². The molecule has 6 nitrogen and oxygen atoms in total. The number of carbonyl (C=O) groups is 2. The molecule has 1 amide bonds. The van der Waals surface area contributed by atoms with Crippen LogP contribution in [0.3, 0.4) is 0 Å². The molecule has 1 aromatic heterocycles. The van der Waals surface area contributed by atoms with Crippen molar-refractivity contribution in [2.75, 3.05) is 0 Å². The molecule has 2 aliphatic heterocycles. The maximum Gasteiger partial charge on any atom is 0.353 e. The zero-order valence-electron chi connectivity index (χ0n) is 11.1. The first-order valence-electron chi connectivity index (χ1n) is 6.24. The molecule has 1 aromatic rings. The van der Waals surface area contributed by atoms with E-state index in [1.54, 1.807) is 0 Å². The maximum atomic E-state index is 11.5. The van der Waals surface area contributed by atoms with E-state index in [0.29, 0.717) is 22.9 Å². The van der Waals surface area contributed by atoms with Gasteiger partial charge in [0, 0.05) is 29.1 Å². The Morgan fingerprint density at radius 3 is 2.55 bits per heavy atom. The highest BCUT2D eigenvalue weighted by Gasteiger charge is 2.47. The summed E-state index contributed by atoms with van der Waals surface area (Å²) in [6.07, 6.45) is 1.00. The first-order chi connectivity index (χ1) is 9.45. The minimum Gasteiger partial charge on any atom is -0.477 e. The van der Waals surface area contributed by atoms with E-state index in [1.165, 1.54) is 16.7 Å². The van der Waals surface area contributed by atoms with E-state index < -0.39 is 5.97 Å². The summed E-state index contributed by atoms with van der Waals surface area (Å²) in [6, 6.07) is 1.86. The molecule has 0 spiro atoms. The molecule has 3 rings (SSSR count). The fourth-order valence-electron chi connectivity index (χ4n) is 2.56. The smallest absolute Gasteiger partial charge is 0.353 e. The predicted octanol–water partition coefficient (Wildman–Crippen LogP) is 1.49. The number of thioether (sulfide) groups is 1. The van der Waals surface area contributed by atoms with Crippen LogP contribution in [-0.4, -0.2) is 37.9 Å². The highest BCUT2D eigenvalue weighted by molar-refractivity contribution is 8.03. The number of aryl methyl sites for hydroxylation is 2. The normalized spacial score (nSPS) is 21.0. The average molecular weight is 291 g/mol. The van der Waals surface area contributed by atoms with Crippen molar-refractivity contribution in [2.24, 2.45) is 0 Å². The number of hydrogen-bond acceptors (Lipinski definition) is 5. The summed E-state index contributed by atoms with van der Waals surface area (Å²) in [5, 5.41) is 9.84. The lowest BCUT2D eigenvalue weighted by molar-refractivity contribution is -0.147. The molecule has 1 N–H and O–H groups in total. The van der Waals surface area contributed by atoms with E-state index in [2.05, 4.69) is 9.97 Å². The minimum absolute atomic E-state index is 0.00186. The Labute approximate surface area is 119 Å². The van der Waals surface area contributed by atoms with Gasteiger partial charge in [0.15, 0.2) is 5.16 Å². The molecule has 0 saturated carbocycles. The number of aromatic nitrogens is 2. The van der Waals surface area contributed by atoms with Gasteiger partial charge in [-0.05, 0) is 19.9 Å². The summed E-state index contributed by atoms with van der Waals surface area (Å²) < 4.78 is 0. The fourth-order valence-corrected chi connectivity index (χ4v) is 3.72. The van der Waals surface area contributed by atoms with E-state index in [-0.39, 0.29) is 17.6 Å². The Bertz CT molecular complexity index is 636. The van der Waals surface area contributed by atoms with Gasteiger partial charge >= 0.3 is 5.97 Å². The Morgan fingerprint density at radius 2 is 2.00 bits per heavy atom. The van der Waals surface area contributed by atoms with E-state index in [1.807, 2.05) is 19.9 Å². The van der Waals surface area contributed by atoms with Crippen LogP contribution in [0.25, 0.3) is 0 Å². The van der Waals surface area contributed by atoms with Crippen molar-refractivity contribution in [3.63, 3.8) is 0 Å². The number of nitrogens with zero attached hydrogens (tertiary/aromatic N) is 3. The largest absolute Gasteiger partial charge is 0.477 e. The maximum absolute atomic E-state index is 11.5. The van der Waals surface area contributed by atoms with Crippen LogP contribution in [0.15, 0.2) is 21.8 Å². The molecule has 1 saturated heterocycles. The summed E-state index contributed by atoms with van der Waals surface area (Å²) >= 11 is 1.25. The first-order valence-corrected chi connectivity index (χ1v) is 7.06. The van der Waals surface area contributed by atoms with Gasteiger partial charge in [-0.1, -0.05) is 11.8 Å². The van der Waals surface area contributed by atoms with Gasteiger partial charge in [-0.2, -0.15) is 0 Å².